The van der Waals surface area contributed by atoms with E-state index in [0.717, 1.165) is 25.4 Å². The Morgan fingerprint density at radius 3 is 3.03 bits per heavy atom. The smallest absolute Gasteiger partial charge is 0.248 e. The average molecular weight is 530 g/mol. The van der Waals surface area contributed by atoms with Crippen LogP contribution in [0.4, 0.5) is 21.6 Å². The molecule has 0 aliphatic carbocycles. The van der Waals surface area contributed by atoms with Crippen LogP contribution in [0, 0.1) is 5.82 Å². The molecule has 3 heterocycles. The number of hydrogen-bond acceptors (Lipinski definition) is 8. The lowest BCUT2D eigenvalue weighted by molar-refractivity contribution is -0.111. The number of carbonyl (C=O) groups excluding carboxylic acids is 1. The first-order valence-corrected chi connectivity index (χ1v) is 12.9. The highest BCUT2D eigenvalue weighted by Gasteiger charge is 2.35. The van der Waals surface area contributed by atoms with Crippen molar-refractivity contribution < 1.29 is 18.7 Å². The van der Waals surface area contributed by atoms with Gasteiger partial charge in [-0.15, -0.1) is 0 Å². The molecule has 2 N–H and O–H groups in total. The van der Waals surface area contributed by atoms with Gasteiger partial charge in [0.05, 0.1) is 36.0 Å². The lowest BCUT2D eigenvalue weighted by Crippen LogP contribution is -2.30. The molecule has 11 heteroatoms. The van der Waals surface area contributed by atoms with Gasteiger partial charge in [0.1, 0.15) is 23.7 Å². The number of aromatic nitrogens is 2. The van der Waals surface area contributed by atoms with E-state index in [1.165, 1.54) is 31.6 Å². The summed E-state index contributed by atoms with van der Waals surface area (Å²) in [4.78, 5) is 23.6. The molecule has 188 valence electrons. The average Bonchev–Trinajstić information content (AvgIpc) is 3.29. The van der Waals surface area contributed by atoms with Gasteiger partial charge in [-0.05, 0) is 24.3 Å². The Morgan fingerprint density at radius 1 is 1.33 bits per heavy atom. The van der Waals surface area contributed by atoms with Crippen LogP contribution in [0.15, 0.2) is 48.8 Å². The minimum atomic E-state index is -0.507. The van der Waals surface area contributed by atoms with E-state index in [9.17, 15) is 9.18 Å². The van der Waals surface area contributed by atoms with Crippen molar-refractivity contribution in [3.05, 3.63) is 59.7 Å². The Kier molecular flexibility index (Phi) is 7.56. The van der Waals surface area contributed by atoms with Crippen molar-refractivity contribution in [1.82, 2.24) is 14.9 Å². The maximum absolute atomic E-state index is 13.5. The Bertz CT molecular complexity index is 1300. The second kappa shape index (κ2) is 11.0. The number of amides is 1. The number of ether oxygens (including phenoxy) is 2. The predicted molar refractivity (Wildman–Crippen MR) is 141 cm³/mol. The molecule has 0 spiro atoms. The van der Waals surface area contributed by atoms with Gasteiger partial charge in [0.25, 0.3) is 0 Å². The molecule has 2 aromatic carbocycles. The third kappa shape index (κ3) is 5.57. The molecular weight excluding hydrogens is 505 g/mol. The van der Waals surface area contributed by atoms with Gasteiger partial charge >= 0.3 is 0 Å². The van der Waals surface area contributed by atoms with E-state index < -0.39 is 5.82 Å². The van der Waals surface area contributed by atoms with Gasteiger partial charge < -0.3 is 20.1 Å². The number of halogens is 2. The second-order valence-corrected chi connectivity index (χ2v) is 10.2. The lowest BCUT2D eigenvalue weighted by atomic mass is 10.1. The first-order chi connectivity index (χ1) is 17.5. The zero-order valence-corrected chi connectivity index (χ0v) is 21.1. The molecule has 0 saturated carbocycles. The number of methoxy groups -OCH3 is 1. The highest BCUT2D eigenvalue weighted by molar-refractivity contribution is 8.00. The molecular formula is C25H25ClFN5O3S. The number of thioether (sulfide) groups is 1. The van der Waals surface area contributed by atoms with Gasteiger partial charge in [-0.25, -0.2) is 14.4 Å². The molecule has 3 aromatic rings. The first-order valence-electron chi connectivity index (χ1n) is 11.5. The zero-order chi connectivity index (χ0) is 25.1. The maximum Gasteiger partial charge on any atom is 0.248 e. The predicted octanol–water partition coefficient (Wildman–Crippen LogP) is 4.49. The zero-order valence-electron chi connectivity index (χ0n) is 19.5. The van der Waals surface area contributed by atoms with E-state index in [1.807, 2.05) is 17.8 Å². The molecule has 2 saturated heterocycles. The first kappa shape index (κ1) is 24.8. The van der Waals surface area contributed by atoms with Gasteiger partial charge in [0.2, 0.25) is 5.91 Å². The molecule has 2 aliphatic heterocycles. The largest absolute Gasteiger partial charge is 0.494 e. The molecule has 36 heavy (non-hydrogen) atoms. The molecule has 1 aromatic heterocycles. The number of fused-ring (bicyclic) bond motifs is 2. The monoisotopic (exact) mass is 529 g/mol. The van der Waals surface area contributed by atoms with Crippen LogP contribution >= 0.6 is 23.4 Å². The van der Waals surface area contributed by atoms with Gasteiger partial charge in [0, 0.05) is 53.9 Å². The summed E-state index contributed by atoms with van der Waals surface area (Å²) in [6, 6.07) is 7.78. The number of anilines is 3. The van der Waals surface area contributed by atoms with Gasteiger partial charge in [-0.1, -0.05) is 17.7 Å². The Morgan fingerprint density at radius 2 is 2.22 bits per heavy atom. The highest BCUT2D eigenvalue weighted by Crippen LogP contribution is 2.34. The molecule has 2 unspecified atom stereocenters. The van der Waals surface area contributed by atoms with Crippen molar-refractivity contribution in [2.45, 2.75) is 11.4 Å². The van der Waals surface area contributed by atoms with Crippen LogP contribution in [0.25, 0.3) is 10.9 Å². The van der Waals surface area contributed by atoms with Crippen molar-refractivity contribution in [2.24, 2.45) is 0 Å². The van der Waals surface area contributed by atoms with E-state index in [1.54, 1.807) is 18.2 Å². The summed E-state index contributed by atoms with van der Waals surface area (Å²) >= 11 is 7.87. The number of rotatable bonds is 7. The number of carbonyl (C=O) groups is 1. The number of hydrogen-bond donors (Lipinski definition) is 2. The van der Waals surface area contributed by atoms with Crippen molar-refractivity contribution in [1.29, 1.82) is 0 Å². The molecule has 2 aliphatic rings. The van der Waals surface area contributed by atoms with Gasteiger partial charge in [0.15, 0.2) is 0 Å². The van der Waals surface area contributed by atoms with Crippen LogP contribution in [0.5, 0.6) is 5.75 Å². The Balaban J connectivity index is 1.30. The standard InChI is InChI=1S/C25H25ClFN5O3S/c1-34-21-11-19-16(25(29-14-28-19)30-15-4-5-18(27)17(26)9-15)10-20(21)31-24(33)3-2-6-32-12-22-23(13-32)36-8-7-35-22/h2-5,9-11,14,22-23H,6-8,12-13H2,1H3,(H,31,33)(H,28,29,30). The van der Waals surface area contributed by atoms with E-state index in [2.05, 4.69) is 25.5 Å². The summed E-state index contributed by atoms with van der Waals surface area (Å²) in [5, 5.41) is 7.18. The normalized spacial score (nSPS) is 20.0. The Labute approximate surface area is 217 Å². The molecule has 0 bridgehead atoms. The molecule has 2 atom stereocenters. The second-order valence-electron chi connectivity index (χ2n) is 8.47. The van der Waals surface area contributed by atoms with Crippen LogP contribution in [0.1, 0.15) is 0 Å². The van der Waals surface area contributed by atoms with Gasteiger partial charge in [-0.3, -0.25) is 9.69 Å². The molecule has 5 rings (SSSR count). The lowest BCUT2D eigenvalue weighted by Gasteiger charge is -2.23. The summed E-state index contributed by atoms with van der Waals surface area (Å²) in [6.45, 7) is 3.35. The van der Waals surface area contributed by atoms with Gasteiger partial charge in [-0.2, -0.15) is 11.8 Å². The summed E-state index contributed by atoms with van der Waals surface area (Å²) < 4.78 is 24.9. The molecule has 2 fully saturated rings. The topological polar surface area (TPSA) is 88.6 Å². The van der Waals surface area contributed by atoms with Crippen molar-refractivity contribution in [3.8, 4) is 5.75 Å². The van der Waals surface area contributed by atoms with E-state index in [4.69, 9.17) is 21.1 Å². The van der Waals surface area contributed by atoms with Crippen LogP contribution in [-0.4, -0.2) is 71.2 Å². The number of nitrogens with one attached hydrogen (secondary N) is 2. The molecule has 1 amide bonds. The number of nitrogens with zero attached hydrogens (tertiary/aromatic N) is 3. The fourth-order valence-corrected chi connectivity index (χ4v) is 5.70. The van der Waals surface area contributed by atoms with Crippen molar-refractivity contribution in [3.63, 3.8) is 0 Å². The number of benzene rings is 2. The summed E-state index contributed by atoms with van der Waals surface area (Å²) in [5.41, 5.74) is 1.66. The third-order valence-electron chi connectivity index (χ3n) is 6.07. The molecule has 8 nitrogen and oxygen atoms in total. The van der Waals surface area contributed by atoms with Crippen LogP contribution in [0.2, 0.25) is 5.02 Å². The Hall–Kier alpha value is -2.92. The summed E-state index contributed by atoms with van der Waals surface area (Å²) in [5.74, 6) is 1.21. The molecule has 0 radical (unpaired) electrons. The van der Waals surface area contributed by atoms with Crippen LogP contribution < -0.4 is 15.4 Å². The van der Waals surface area contributed by atoms with Crippen LogP contribution in [-0.2, 0) is 9.53 Å². The summed E-state index contributed by atoms with van der Waals surface area (Å²) in [7, 11) is 1.53. The van der Waals surface area contributed by atoms with E-state index in [0.29, 0.717) is 45.6 Å². The fraction of sp³-hybridized carbons (Fsp3) is 0.320. The minimum Gasteiger partial charge on any atom is -0.494 e. The SMILES string of the molecule is COc1cc2ncnc(Nc3ccc(F)c(Cl)c3)c2cc1NC(=O)C=CCN1CC2OCCSC2C1. The minimum absolute atomic E-state index is 0.00116. The van der Waals surface area contributed by atoms with Crippen LogP contribution in [0.3, 0.4) is 0 Å². The van der Waals surface area contributed by atoms with E-state index >= 15 is 0 Å². The number of likely N-dealkylation sites (tertiary alicyclic amines) is 1. The quantitative estimate of drug-likeness (QED) is 0.433. The van der Waals surface area contributed by atoms with Crippen molar-refractivity contribution in [2.75, 3.05) is 49.7 Å². The third-order valence-corrected chi connectivity index (χ3v) is 7.64. The highest BCUT2D eigenvalue weighted by atomic mass is 35.5. The maximum atomic E-state index is 13.5. The van der Waals surface area contributed by atoms with E-state index in [-0.39, 0.29) is 17.0 Å². The summed E-state index contributed by atoms with van der Waals surface area (Å²) in [6.07, 6.45) is 5.08. The van der Waals surface area contributed by atoms with Crippen molar-refractivity contribution >= 4 is 57.4 Å². The fourth-order valence-electron chi connectivity index (χ4n) is 4.33.